The largest absolute Gasteiger partial charge is 0.439 e. The van der Waals surface area contributed by atoms with Gasteiger partial charge >= 0.3 is 0 Å². The normalized spacial score (nSPS) is 10.5. The molecule has 0 aliphatic heterocycles. The van der Waals surface area contributed by atoms with Gasteiger partial charge in [0, 0.05) is 37.0 Å². The first-order valence-corrected chi connectivity index (χ1v) is 9.50. The highest BCUT2D eigenvalue weighted by atomic mass is 16.5. The van der Waals surface area contributed by atoms with Crippen LogP contribution in [0.1, 0.15) is 35.7 Å². The zero-order valence-electron chi connectivity index (χ0n) is 16.6. The Hall–Kier alpha value is -3.21. The van der Waals surface area contributed by atoms with Gasteiger partial charge in [-0.05, 0) is 37.6 Å². The minimum Gasteiger partial charge on any atom is -0.439 e. The summed E-state index contributed by atoms with van der Waals surface area (Å²) in [6, 6.07) is 16.9. The lowest BCUT2D eigenvalue weighted by Gasteiger charge is -2.16. The summed E-state index contributed by atoms with van der Waals surface area (Å²) >= 11 is 0. The minimum absolute atomic E-state index is 0.0173. The van der Waals surface area contributed by atoms with Crippen molar-refractivity contribution < 1.29 is 9.53 Å². The standard InChI is InChI=1S/C23H25N3O2/c1-4-5-16-26(3)23(27)19-10-12-20(13-11-19)28-21-14-15-24-22(25-21)18-8-6-17(2)7-9-18/h6-15H,4-5,16H2,1-3H3. The second kappa shape index (κ2) is 9.13. The first-order chi connectivity index (χ1) is 13.6. The molecule has 0 spiro atoms. The summed E-state index contributed by atoms with van der Waals surface area (Å²) in [6.07, 6.45) is 3.74. The van der Waals surface area contributed by atoms with E-state index in [0.717, 1.165) is 24.9 Å². The second-order valence-electron chi connectivity index (χ2n) is 6.79. The summed E-state index contributed by atoms with van der Waals surface area (Å²) in [7, 11) is 1.83. The van der Waals surface area contributed by atoms with Crippen molar-refractivity contribution in [1.82, 2.24) is 14.9 Å². The number of nitrogens with zero attached hydrogens (tertiary/aromatic N) is 3. The molecular weight excluding hydrogens is 350 g/mol. The van der Waals surface area contributed by atoms with Gasteiger partial charge in [0.1, 0.15) is 5.75 Å². The summed E-state index contributed by atoms with van der Waals surface area (Å²) in [5, 5.41) is 0. The van der Waals surface area contributed by atoms with Gasteiger partial charge in [0.2, 0.25) is 5.88 Å². The molecule has 144 valence electrons. The van der Waals surface area contributed by atoms with Gasteiger partial charge in [-0.15, -0.1) is 0 Å². The number of carbonyl (C=O) groups excluding carboxylic acids is 1. The third kappa shape index (κ3) is 4.94. The number of unbranched alkanes of at least 4 members (excludes halogenated alkanes) is 1. The molecule has 5 heteroatoms. The lowest BCUT2D eigenvalue weighted by Crippen LogP contribution is -2.27. The van der Waals surface area contributed by atoms with Crippen molar-refractivity contribution in [3.05, 3.63) is 71.9 Å². The fraction of sp³-hybridized carbons (Fsp3) is 0.261. The molecule has 0 N–H and O–H groups in total. The second-order valence-corrected chi connectivity index (χ2v) is 6.79. The van der Waals surface area contributed by atoms with Crippen molar-refractivity contribution in [2.24, 2.45) is 0 Å². The van der Waals surface area contributed by atoms with Gasteiger partial charge in [-0.1, -0.05) is 43.2 Å². The Balaban J connectivity index is 1.70. The molecule has 5 nitrogen and oxygen atoms in total. The quantitative estimate of drug-likeness (QED) is 0.575. The SMILES string of the molecule is CCCCN(C)C(=O)c1ccc(Oc2ccnc(-c3ccc(C)cc3)n2)cc1. The van der Waals surface area contributed by atoms with Crippen LogP contribution >= 0.6 is 0 Å². The van der Waals surface area contributed by atoms with Crippen LogP contribution in [-0.2, 0) is 0 Å². The van der Waals surface area contributed by atoms with E-state index in [0.29, 0.717) is 23.0 Å². The Labute approximate surface area is 166 Å². The molecule has 3 aromatic rings. The molecule has 0 saturated carbocycles. The van der Waals surface area contributed by atoms with E-state index in [9.17, 15) is 4.79 Å². The number of aryl methyl sites for hydroxylation is 1. The third-order valence-corrected chi connectivity index (χ3v) is 4.46. The zero-order chi connectivity index (χ0) is 19.9. The molecule has 1 amide bonds. The molecule has 1 heterocycles. The number of hydrogen-bond donors (Lipinski definition) is 0. The highest BCUT2D eigenvalue weighted by molar-refractivity contribution is 5.94. The topological polar surface area (TPSA) is 55.3 Å². The van der Waals surface area contributed by atoms with Gasteiger partial charge < -0.3 is 9.64 Å². The lowest BCUT2D eigenvalue weighted by atomic mass is 10.1. The van der Waals surface area contributed by atoms with Crippen LogP contribution in [0.25, 0.3) is 11.4 Å². The maximum Gasteiger partial charge on any atom is 0.253 e. The third-order valence-electron chi connectivity index (χ3n) is 4.46. The van der Waals surface area contributed by atoms with E-state index in [-0.39, 0.29) is 5.91 Å². The van der Waals surface area contributed by atoms with Crippen LogP contribution in [0.2, 0.25) is 0 Å². The van der Waals surface area contributed by atoms with Crippen LogP contribution in [0.3, 0.4) is 0 Å². The smallest absolute Gasteiger partial charge is 0.253 e. The Morgan fingerprint density at radius 2 is 1.75 bits per heavy atom. The first-order valence-electron chi connectivity index (χ1n) is 9.50. The number of rotatable bonds is 7. The molecule has 0 bridgehead atoms. The van der Waals surface area contributed by atoms with Crippen molar-refractivity contribution in [2.45, 2.75) is 26.7 Å². The number of hydrogen-bond acceptors (Lipinski definition) is 4. The van der Waals surface area contributed by atoms with Crippen LogP contribution < -0.4 is 4.74 Å². The maximum atomic E-state index is 12.4. The van der Waals surface area contributed by atoms with E-state index in [4.69, 9.17) is 4.74 Å². The first kappa shape index (κ1) is 19.5. The van der Waals surface area contributed by atoms with Gasteiger partial charge in [-0.2, -0.15) is 4.98 Å². The van der Waals surface area contributed by atoms with Crippen LogP contribution in [0.15, 0.2) is 60.8 Å². The van der Waals surface area contributed by atoms with Gasteiger partial charge in [-0.25, -0.2) is 4.98 Å². The molecule has 3 rings (SSSR count). The lowest BCUT2D eigenvalue weighted by molar-refractivity contribution is 0.0793. The summed E-state index contributed by atoms with van der Waals surface area (Å²) in [5.74, 6) is 1.72. The highest BCUT2D eigenvalue weighted by Crippen LogP contribution is 2.23. The van der Waals surface area contributed by atoms with E-state index in [1.54, 1.807) is 41.4 Å². The molecule has 0 radical (unpaired) electrons. The number of benzene rings is 2. The van der Waals surface area contributed by atoms with E-state index in [1.807, 2.05) is 38.2 Å². The molecule has 2 aromatic carbocycles. The summed E-state index contributed by atoms with van der Waals surface area (Å²) in [6.45, 7) is 4.91. The molecule has 28 heavy (non-hydrogen) atoms. The van der Waals surface area contributed by atoms with Crippen molar-refractivity contribution in [3.63, 3.8) is 0 Å². The number of carbonyl (C=O) groups is 1. The Morgan fingerprint density at radius 3 is 2.43 bits per heavy atom. The van der Waals surface area contributed by atoms with Crippen molar-refractivity contribution >= 4 is 5.91 Å². The fourth-order valence-electron chi connectivity index (χ4n) is 2.74. The Kier molecular flexibility index (Phi) is 6.37. The van der Waals surface area contributed by atoms with Crippen molar-refractivity contribution in [1.29, 1.82) is 0 Å². The van der Waals surface area contributed by atoms with Gasteiger partial charge in [0.05, 0.1) is 0 Å². The monoisotopic (exact) mass is 375 g/mol. The molecular formula is C23H25N3O2. The fourth-order valence-corrected chi connectivity index (χ4v) is 2.74. The number of amides is 1. The van der Waals surface area contributed by atoms with Crippen molar-refractivity contribution in [3.8, 4) is 23.0 Å². The zero-order valence-corrected chi connectivity index (χ0v) is 16.6. The van der Waals surface area contributed by atoms with Gasteiger partial charge in [0.15, 0.2) is 5.82 Å². The number of aromatic nitrogens is 2. The Bertz CT molecular complexity index is 921. The molecule has 0 saturated heterocycles. The van der Waals surface area contributed by atoms with E-state index >= 15 is 0 Å². The molecule has 0 fully saturated rings. The molecule has 0 aliphatic carbocycles. The minimum atomic E-state index is 0.0173. The highest BCUT2D eigenvalue weighted by Gasteiger charge is 2.11. The number of ether oxygens (including phenoxy) is 1. The average Bonchev–Trinajstić information content (AvgIpc) is 2.73. The molecule has 0 unspecified atom stereocenters. The summed E-state index contributed by atoms with van der Waals surface area (Å²) in [4.78, 5) is 23.0. The molecule has 0 aliphatic rings. The predicted octanol–water partition coefficient (Wildman–Crippen LogP) is 5.12. The van der Waals surface area contributed by atoms with Crippen LogP contribution in [-0.4, -0.2) is 34.4 Å². The van der Waals surface area contributed by atoms with Gasteiger partial charge in [0.25, 0.3) is 5.91 Å². The van der Waals surface area contributed by atoms with Crippen LogP contribution in [0.5, 0.6) is 11.6 Å². The molecule has 0 atom stereocenters. The van der Waals surface area contributed by atoms with E-state index < -0.39 is 0 Å². The summed E-state index contributed by atoms with van der Waals surface area (Å²) < 4.78 is 5.85. The van der Waals surface area contributed by atoms with Crippen LogP contribution in [0, 0.1) is 6.92 Å². The predicted molar refractivity (Wildman–Crippen MR) is 111 cm³/mol. The summed E-state index contributed by atoms with van der Waals surface area (Å²) in [5.41, 5.74) is 2.77. The van der Waals surface area contributed by atoms with E-state index in [1.165, 1.54) is 5.56 Å². The maximum absolute atomic E-state index is 12.4. The van der Waals surface area contributed by atoms with E-state index in [2.05, 4.69) is 16.9 Å². The Morgan fingerprint density at radius 1 is 1.04 bits per heavy atom. The van der Waals surface area contributed by atoms with Crippen LogP contribution in [0.4, 0.5) is 0 Å². The molecule has 1 aromatic heterocycles. The average molecular weight is 375 g/mol. The van der Waals surface area contributed by atoms with Crippen molar-refractivity contribution in [2.75, 3.05) is 13.6 Å². The van der Waals surface area contributed by atoms with Gasteiger partial charge in [-0.3, -0.25) is 4.79 Å².